The van der Waals surface area contributed by atoms with Gasteiger partial charge in [-0.05, 0) is 25.3 Å². The van der Waals surface area contributed by atoms with Crippen LogP contribution in [0.25, 0.3) is 0 Å². The molecule has 0 aromatic rings. The van der Waals surface area contributed by atoms with Crippen molar-refractivity contribution in [3.63, 3.8) is 0 Å². The van der Waals surface area contributed by atoms with Gasteiger partial charge >= 0.3 is 0 Å². The Kier molecular flexibility index (Phi) is 5.39. The molecule has 1 heterocycles. The molecule has 100 valence electrons. The van der Waals surface area contributed by atoms with Gasteiger partial charge in [-0.3, -0.25) is 4.79 Å². The SMILES string of the molecule is CC(C)CS(=O)(=O)CC(=O)NCC1CCCN1. The second-order valence-electron chi connectivity index (χ2n) is 5.05. The van der Waals surface area contributed by atoms with Gasteiger partial charge in [0.1, 0.15) is 5.75 Å². The van der Waals surface area contributed by atoms with Crippen molar-refractivity contribution in [2.75, 3.05) is 24.6 Å². The van der Waals surface area contributed by atoms with Crippen LogP contribution in [0.4, 0.5) is 0 Å². The second-order valence-corrected chi connectivity index (χ2v) is 7.15. The fraction of sp³-hybridized carbons (Fsp3) is 0.909. The van der Waals surface area contributed by atoms with Crippen molar-refractivity contribution in [1.29, 1.82) is 0 Å². The number of rotatable bonds is 6. The number of nitrogens with one attached hydrogen (secondary N) is 2. The van der Waals surface area contributed by atoms with Gasteiger partial charge in [0.15, 0.2) is 9.84 Å². The summed E-state index contributed by atoms with van der Waals surface area (Å²) in [6, 6.07) is 0.298. The first-order valence-electron chi connectivity index (χ1n) is 6.09. The molecular formula is C11H22N2O3S. The largest absolute Gasteiger partial charge is 0.354 e. The highest BCUT2D eigenvalue weighted by Crippen LogP contribution is 2.03. The number of carbonyl (C=O) groups is 1. The minimum absolute atomic E-state index is 0.0595. The zero-order valence-electron chi connectivity index (χ0n) is 10.5. The Bertz CT molecular complexity index is 346. The molecule has 17 heavy (non-hydrogen) atoms. The topological polar surface area (TPSA) is 75.3 Å². The van der Waals surface area contributed by atoms with Crippen LogP contribution >= 0.6 is 0 Å². The molecule has 6 heteroatoms. The maximum Gasteiger partial charge on any atom is 0.235 e. The summed E-state index contributed by atoms with van der Waals surface area (Å²) in [5, 5.41) is 5.92. The van der Waals surface area contributed by atoms with E-state index in [2.05, 4.69) is 10.6 Å². The maximum absolute atomic E-state index is 11.6. The third kappa shape index (κ3) is 6.02. The molecule has 1 atom stereocenters. The predicted octanol–water partition coefficient (Wildman–Crippen LogP) is -0.0746. The minimum atomic E-state index is -3.26. The first-order valence-corrected chi connectivity index (χ1v) is 7.91. The fourth-order valence-corrected chi connectivity index (χ4v) is 3.62. The number of hydrogen-bond acceptors (Lipinski definition) is 4. The highest BCUT2D eigenvalue weighted by Gasteiger charge is 2.20. The van der Waals surface area contributed by atoms with E-state index < -0.39 is 15.6 Å². The summed E-state index contributed by atoms with van der Waals surface area (Å²) in [6.07, 6.45) is 2.16. The van der Waals surface area contributed by atoms with Gasteiger partial charge in [-0.2, -0.15) is 0 Å². The minimum Gasteiger partial charge on any atom is -0.354 e. The van der Waals surface area contributed by atoms with Gasteiger partial charge in [0.2, 0.25) is 5.91 Å². The molecule has 1 aliphatic heterocycles. The standard InChI is InChI=1S/C11H22N2O3S/c1-9(2)7-17(15,16)8-11(14)13-6-10-4-3-5-12-10/h9-10,12H,3-8H2,1-2H3,(H,13,14). The molecule has 0 aliphatic carbocycles. The van der Waals surface area contributed by atoms with E-state index in [0.717, 1.165) is 19.4 Å². The first-order chi connectivity index (χ1) is 7.89. The van der Waals surface area contributed by atoms with Crippen molar-refractivity contribution in [2.45, 2.75) is 32.7 Å². The van der Waals surface area contributed by atoms with E-state index >= 15 is 0 Å². The van der Waals surface area contributed by atoms with Crippen LogP contribution in [-0.4, -0.2) is 45.0 Å². The van der Waals surface area contributed by atoms with E-state index in [9.17, 15) is 13.2 Å². The van der Waals surface area contributed by atoms with Crippen LogP contribution in [0.5, 0.6) is 0 Å². The third-order valence-electron chi connectivity index (χ3n) is 2.65. The van der Waals surface area contributed by atoms with Crippen molar-refractivity contribution in [3.8, 4) is 0 Å². The highest BCUT2D eigenvalue weighted by molar-refractivity contribution is 7.92. The van der Waals surface area contributed by atoms with Crippen LogP contribution in [0.3, 0.4) is 0 Å². The van der Waals surface area contributed by atoms with Gasteiger partial charge in [-0.1, -0.05) is 13.8 Å². The molecular weight excluding hydrogens is 240 g/mol. The molecule has 1 unspecified atom stereocenters. The normalized spacial score (nSPS) is 20.8. The fourth-order valence-electron chi connectivity index (χ4n) is 1.99. The average Bonchev–Trinajstić information content (AvgIpc) is 2.63. The van der Waals surface area contributed by atoms with Crippen molar-refractivity contribution < 1.29 is 13.2 Å². The molecule has 0 saturated carbocycles. The van der Waals surface area contributed by atoms with Crippen molar-refractivity contribution >= 4 is 15.7 Å². The summed E-state index contributed by atoms with van der Waals surface area (Å²) in [5.74, 6) is -0.649. The molecule has 0 radical (unpaired) electrons. The van der Waals surface area contributed by atoms with Crippen LogP contribution in [0, 0.1) is 5.92 Å². The van der Waals surface area contributed by atoms with Gasteiger partial charge < -0.3 is 10.6 Å². The lowest BCUT2D eigenvalue weighted by molar-refractivity contribution is -0.118. The molecule has 0 bridgehead atoms. The van der Waals surface area contributed by atoms with Gasteiger partial charge in [0.05, 0.1) is 5.75 Å². The number of carbonyl (C=O) groups excluding carboxylic acids is 1. The van der Waals surface area contributed by atoms with E-state index in [0.29, 0.717) is 12.6 Å². The van der Waals surface area contributed by atoms with E-state index in [-0.39, 0.29) is 17.6 Å². The summed E-state index contributed by atoms with van der Waals surface area (Å²) in [7, 11) is -3.26. The number of amides is 1. The molecule has 0 spiro atoms. The zero-order valence-corrected chi connectivity index (χ0v) is 11.3. The molecule has 1 rings (SSSR count). The van der Waals surface area contributed by atoms with Crippen molar-refractivity contribution in [3.05, 3.63) is 0 Å². The summed E-state index contributed by atoms with van der Waals surface area (Å²) in [6.45, 7) is 5.16. The Morgan fingerprint density at radius 1 is 1.47 bits per heavy atom. The monoisotopic (exact) mass is 262 g/mol. The van der Waals surface area contributed by atoms with E-state index in [1.165, 1.54) is 0 Å². The quantitative estimate of drug-likeness (QED) is 0.702. The van der Waals surface area contributed by atoms with E-state index in [1.807, 2.05) is 13.8 Å². The smallest absolute Gasteiger partial charge is 0.235 e. The maximum atomic E-state index is 11.6. The highest BCUT2D eigenvalue weighted by atomic mass is 32.2. The molecule has 2 N–H and O–H groups in total. The third-order valence-corrected chi connectivity index (χ3v) is 4.52. The van der Waals surface area contributed by atoms with E-state index in [4.69, 9.17) is 0 Å². The average molecular weight is 262 g/mol. The van der Waals surface area contributed by atoms with E-state index in [1.54, 1.807) is 0 Å². The van der Waals surface area contributed by atoms with Crippen LogP contribution in [0.2, 0.25) is 0 Å². The van der Waals surface area contributed by atoms with Crippen molar-refractivity contribution in [2.24, 2.45) is 5.92 Å². The molecule has 1 saturated heterocycles. The van der Waals surface area contributed by atoms with Gasteiger partial charge in [-0.15, -0.1) is 0 Å². The molecule has 0 aromatic carbocycles. The Morgan fingerprint density at radius 2 is 2.18 bits per heavy atom. The first kappa shape index (κ1) is 14.4. The summed E-state index contributed by atoms with van der Waals surface area (Å²) >= 11 is 0. The Balaban J connectivity index is 2.28. The van der Waals surface area contributed by atoms with Crippen LogP contribution in [0.1, 0.15) is 26.7 Å². The summed E-state index contributed by atoms with van der Waals surface area (Å²) in [5.41, 5.74) is 0. The van der Waals surface area contributed by atoms with Crippen molar-refractivity contribution in [1.82, 2.24) is 10.6 Å². The zero-order chi connectivity index (χ0) is 12.9. The van der Waals surface area contributed by atoms with Crippen LogP contribution in [0.15, 0.2) is 0 Å². The Hall–Kier alpha value is -0.620. The molecule has 1 amide bonds. The second kappa shape index (κ2) is 6.35. The van der Waals surface area contributed by atoms with Gasteiger partial charge in [0, 0.05) is 12.6 Å². The predicted molar refractivity (Wildman–Crippen MR) is 67.5 cm³/mol. The Labute approximate surface area is 103 Å². The van der Waals surface area contributed by atoms with Gasteiger partial charge in [-0.25, -0.2) is 8.42 Å². The molecule has 5 nitrogen and oxygen atoms in total. The lowest BCUT2D eigenvalue weighted by Gasteiger charge is -2.12. The molecule has 1 fully saturated rings. The number of hydrogen-bond donors (Lipinski definition) is 2. The molecule has 1 aliphatic rings. The lowest BCUT2D eigenvalue weighted by Crippen LogP contribution is -2.40. The summed E-state index contributed by atoms with van der Waals surface area (Å²) in [4.78, 5) is 11.5. The summed E-state index contributed by atoms with van der Waals surface area (Å²) < 4.78 is 23.1. The van der Waals surface area contributed by atoms with Crippen LogP contribution in [-0.2, 0) is 14.6 Å². The van der Waals surface area contributed by atoms with Gasteiger partial charge in [0.25, 0.3) is 0 Å². The Morgan fingerprint density at radius 3 is 2.71 bits per heavy atom. The number of sulfone groups is 1. The van der Waals surface area contributed by atoms with Crippen LogP contribution < -0.4 is 10.6 Å². The molecule has 0 aromatic heterocycles. The lowest BCUT2D eigenvalue weighted by atomic mass is 10.2.